The van der Waals surface area contributed by atoms with Gasteiger partial charge in [0.15, 0.2) is 6.61 Å². The standard InChI is InChI=1S/C19H20ClNO3/c1-13(15-6-4-3-5-7-15)11-19(23)24-12-18(22)21-17-9-8-16(20)10-14(17)2/h3-10,13H,11-12H2,1-2H3,(H,21,22)/t13-/m1/s1. The van der Waals surface area contributed by atoms with Crippen LogP contribution in [0, 0.1) is 6.92 Å². The number of esters is 1. The maximum Gasteiger partial charge on any atom is 0.306 e. The van der Waals surface area contributed by atoms with Crippen LogP contribution in [-0.2, 0) is 14.3 Å². The van der Waals surface area contributed by atoms with Crippen LogP contribution in [-0.4, -0.2) is 18.5 Å². The van der Waals surface area contributed by atoms with Gasteiger partial charge < -0.3 is 10.1 Å². The number of anilines is 1. The molecule has 0 bridgehead atoms. The van der Waals surface area contributed by atoms with Gasteiger partial charge in [-0.2, -0.15) is 0 Å². The maximum absolute atomic E-state index is 11.9. The summed E-state index contributed by atoms with van der Waals surface area (Å²) in [7, 11) is 0. The molecule has 0 aliphatic heterocycles. The zero-order valence-electron chi connectivity index (χ0n) is 13.7. The van der Waals surface area contributed by atoms with Crippen molar-refractivity contribution in [2.75, 3.05) is 11.9 Å². The van der Waals surface area contributed by atoms with Crippen LogP contribution in [0.3, 0.4) is 0 Å². The Kier molecular flexibility index (Phi) is 6.38. The number of hydrogen-bond acceptors (Lipinski definition) is 3. The molecule has 2 aromatic rings. The molecule has 0 radical (unpaired) electrons. The molecule has 0 aliphatic rings. The second-order valence-corrected chi connectivity index (χ2v) is 6.12. The van der Waals surface area contributed by atoms with Gasteiger partial charge in [0, 0.05) is 10.7 Å². The van der Waals surface area contributed by atoms with Gasteiger partial charge in [0.1, 0.15) is 0 Å². The molecular weight excluding hydrogens is 326 g/mol. The summed E-state index contributed by atoms with van der Waals surface area (Å²) < 4.78 is 5.05. The van der Waals surface area contributed by atoms with E-state index in [9.17, 15) is 9.59 Å². The van der Waals surface area contributed by atoms with Crippen LogP contribution >= 0.6 is 11.6 Å². The Balaban J connectivity index is 1.80. The number of ether oxygens (including phenoxy) is 1. The highest BCUT2D eigenvalue weighted by molar-refractivity contribution is 6.30. The first kappa shape index (κ1) is 18.0. The third-order valence-corrected chi connectivity index (χ3v) is 3.90. The van der Waals surface area contributed by atoms with E-state index >= 15 is 0 Å². The molecule has 0 heterocycles. The monoisotopic (exact) mass is 345 g/mol. The summed E-state index contributed by atoms with van der Waals surface area (Å²) in [5.74, 6) is -0.726. The largest absolute Gasteiger partial charge is 0.456 e. The van der Waals surface area contributed by atoms with Crippen molar-refractivity contribution in [2.45, 2.75) is 26.2 Å². The smallest absolute Gasteiger partial charge is 0.306 e. The molecule has 0 saturated heterocycles. The molecule has 1 amide bonds. The van der Waals surface area contributed by atoms with Gasteiger partial charge in [-0.25, -0.2) is 0 Å². The van der Waals surface area contributed by atoms with Crippen molar-refractivity contribution in [3.05, 3.63) is 64.7 Å². The molecule has 2 aromatic carbocycles. The lowest BCUT2D eigenvalue weighted by atomic mass is 9.98. The van der Waals surface area contributed by atoms with Crippen LogP contribution in [0.4, 0.5) is 5.69 Å². The van der Waals surface area contributed by atoms with Crippen molar-refractivity contribution in [3.63, 3.8) is 0 Å². The van der Waals surface area contributed by atoms with Crippen LogP contribution in [0.25, 0.3) is 0 Å². The zero-order valence-corrected chi connectivity index (χ0v) is 14.5. The highest BCUT2D eigenvalue weighted by Gasteiger charge is 2.14. The van der Waals surface area contributed by atoms with Crippen LogP contribution in [0.15, 0.2) is 48.5 Å². The lowest BCUT2D eigenvalue weighted by molar-refractivity contribution is -0.147. The van der Waals surface area contributed by atoms with Gasteiger partial charge in [-0.1, -0.05) is 48.9 Å². The molecule has 0 saturated carbocycles. The lowest BCUT2D eigenvalue weighted by Gasteiger charge is -2.12. The first-order valence-electron chi connectivity index (χ1n) is 7.72. The Morgan fingerprint density at radius 3 is 2.54 bits per heavy atom. The molecule has 5 heteroatoms. The fraction of sp³-hybridized carbons (Fsp3) is 0.263. The second-order valence-electron chi connectivity index (χ2n) is 5.68. The fourth-order valence-electron chi connectivity index (χ4n) is 2.31. The highest BCUT2D eigenvalue weighted by Crippen LogP contribution is 2.20. The number of amides is 1. The van der Waals surface area contributed by atoms with E-state index in [1.165, 1.54) is 0 Å². The molecule has 0 aromatic heterocycles. The van der Waals surface area contributed by atoms with Crippen molar-refractivity contribution in [1.29, 1.82) is 0 Å². The second kappa shape index (κ2) is 8.50. The summed E-state index contributed by atoms with van der Waals surface area (Å²) in [6, 6.07) is 14.9. The van der Waals surface area contributed by atoms with Gasteiger partial charge in [-0.05, 0) is 42.2 Å². The van der Waals surface area contributed by atoms with Crippen molar-refractivity contribution < 1.29 is 14.3 Å². The van der Waals surface area contributed by atoms with E-state index in [1.807, 2.05) is 44.2 Å². The number of carbonyl (C=O) groups excluding carboxylic acids is 2. The lowest BCUT2D eigenvalue weighted by Crippen LogP contribution is -2.21. The Labute approximate surface area is 146 Å². The average molecular weight is 346 g/mol. The SMILES string of the molecule is Cc1cc(Cl)ccc1NC(=O)COC(=O)C[C@@H](C)c1ccccc1. The fourth-order valence-corrected chi connectivity index (χ4v) is 2.53. The Morgan fingerprint density at radius 1 is 1.17 bits per heavy atom. The molecule has 0 unspecified atom stereocenters. The minimum Gasteiger partial charge on any atom is -0.456 e. The average Bonchev–Trinajstić information content (AvgIpc) is 2.56. The molecular formula is C19H20ClNO3. The van der Waals surface area contributed by atoms with E-state index < -0.39 is 5.97 Å². The normalized spacial score (nSPS) is 11.6. The summed E-state index contributed by atoms with van der Waals surface area (Å²) in [4.78, 5) is 23.8. The van der Waals surface area contributed by atoms with Gasteiger partial charge in [-0.3, -0.25) is 9.59 Å². The van der Waals surface area contributed by atoms with E-state index in [2.05, 4.69) is 5.32 Å². The molecule has 1 atom stereocenters. The number of carbonyl (C=O) groups is 2. The van der Waals surface area contributed by atoms with Crippen molar-refractivity contribution in [3.8, 4) is 0 Å². The number of benzene rings is 2. The third-order valence-electron chi connectivity index (χ3n) is 3.67. The van der Waals surface area contributed by atoms with Crippen LogP contribution in [0.1, 0.15) is 30.4 Å². The van der Waals surface area contributed by atoms with E-state index in [1.54, 1.807) is 18.2 Å². The van der Waals surface area contributed by atoms with E-state index in [0.29, 0.717) is 10.7 Å². The van der Waals surface area contributed by atoms with Crippen LogP contribution < -0.4 is 5.32 Å². The molecule has 0 aliphatic carbocycles. The first-order chi connectivity index (χ1) is 11.5. The summed E-state index contributed by atoms with van der Waals surface area (Å²) in [6.07, 6.45) is 0.233. The summed E-state index contributed by atoms with van der Waals surface area (Å²) in [5.41, 5.74) is 2.56. The van der Waals surface area contributed by atoms with Crippen molar-refractivity contribution in [1.82, 2.24) is 0 Å². The topological polar surface area (TPSA) is 55.4 Å². The van der Waals surface area contributed by atoms with Gasteiger partial charge in [-0.15, -0.1) is 0 Å². The van der Waals surface area contributed by atoms with Crippen molar-refractivity contribution in [2.24, 2.45) is 0 Å². The van der Waals surface area contributed by atoms with E-state index in [-0.39, 0.29) is 24.9 Å². The Morgan fingerprint density at radius 2 is 1.88 bits per heavy atom. The highest BCUT2D eigenvalue weighted by atomic mass is 35.5. The Bertz CT molecular complexity index is 716. The number of halogens is 1. The zero-order chi connectivity index (χ0) is 17.5. The first-order valence-corrected chi connectivity index (χ1v) is 8.10. The summed E-state index contributed by atoms with van der Waals surface area (Å²) in [5, 5.41) is 3.31. The van der Waals surface area contributed by atoms with Crippen molar-refractivity contribution >= 4 is 29.2 Å². The quantitative estimate of drug-likeness (QED) is 0.793. The van der Waals surface area contributed by atoms with E-state index in [4.69, 9.17) is 16.3 Å². The summed E-state index contributed by atoms with van der Waals surface area (Å²) in [6.45, 7) is 3.49. The van der Waals surface area contributed by atoms with Crippen LogP contribution in [0.5, 0.6) is 0 Å². The molecule has 1 N–H and O–H groups in total. The third kappa shape index (κ3) is 5.39. The van der Waals surface area contributed by atoms with Crippen LogP contribution in [0.2, 0.25) is 5.02 Å². The molecule has 0 fully saturated rings. The van der Waals surface area contributed by atoms with Gasteiger partial charge in [0.25, 0.3) is 5.91 Å². The van der Waals surface area contributed by atoms with E-state index in [0.717, 1.165) is 11.1 Å². The molecule has 2 rings (SSSR count). The van der Waals surface area contributed by atoms with Gasteiger partial charge >= 0.3 is 5.97 Å². The predicted molar refractivity (Wildman–Crippen MR) is 95.3 cm³/mol. The van der Waals surface area contributed by atoms with Gasteiger partial charge in [0.2, 0.25) is 0 Å². The Hall–Kier alpha value is -2.33. The van der Waals surface area contributed by atoms with Gasteiger partial charge in [0.05, 0.1) is 6.42 Å². The number of rotatable bonds is 6. The summed E-state index contributed by atoms with van der Waals surface area (Å²) >= 11 is 5.87. The molecule has 0 spiro atoms. The number of nitrogens with one attached hydrogen (secondary N) is 1. The number of hydrogen-bond donors (Lipinski definition) is 1. The minimum atomic E-state index is -0.394. The minimum absolute atomic E-state index is 0.0419. The molecule has 126 valence electrons. The molecule has 24 heavy (non-hydrogen) atoms. The maximum atomic E-state index is 11.9. The molecule has 4 nitrogen and oxygen atoms in total. The predicted octanol–water partition coefficient (Wildman–Crippen LogP) is 4.32. The number of aryl methyl sites for hydroxylation is 1.